The van der Waals surface area contributed by atoms with Gasteiger partial charge in [-0.25, -0.2) is 0 Å². The minimum Gasteiger partial charge on any atom is -0.493 e. The second-order valence-corrected chi connectivity index (χ2v) is 6.34. The fourth-order valence-corrected chi connectivity index (χ4v) is 3.03. The number of anilines is 1. The van der Waals surface area contributed by atoms with Crippen molar-refractivity contribution >= 4 is 17.7 Å². The smallest absolute Gasteiger partial charge is 0.248 e. The lowest BCUT2D eigenvalue weighted by Gasteiger charge is -2.27. The molecule has 0 spiro atoms. The van der Waals surface area contributed by atoms with Crippen molar-refractivity contribution in [1.29, 1.82) is 0 Å². The van der Waals surface area contributed by atoms with Crippen molar-refractivity contribution in [2.45, 2.75) is 13.5 Å². The first-order valence-electron chi connectivity index (χ1n) is 9.35. The van der Waals surface area contributed by atoms with Gasteiger partial charge in [-0.05, 0) is 30.7 Å². The summed E-state index contributed by atoms with van der Waals surface area (Å²) in [5, 5.41) is 3.00. The summed E-state index contributed by atoms with van der Waals surface area (Å²) in [5.74, 6) is 0.618. The number of benzene rings is 2. The van der Waals surface area contributed by atoms with Crippen LogP contribution < -0.4 is 10.1 Å². The predicted octanol–water partition coefficient (Wildman–Crippen LogP) is 3.57. The first-order valence-corrected chi connectivity index (χ1v) is 9.35. The highest BCUT2D eigenvalue weighted by Crippen LogP contribution is 2.20. The normalized spacial score (nSPS) is 15.0. The number of para-hydroxylation sites is 2. The van der Waals surface area contributed by atoms with E-state index >= 15 is 0 Å². The zero-order valence-corrected chi connectivity index (χ0v) is 15.7. The van der Waals surface area contributed by atoms with Crippen molar-refractivity contribution in [2.24, 2.45) is 0 Å². The van der Waals surface area contributed by atoms with Gasteiger partial charge in [0, 0.05) is 37.0 Å². The van der Waals surface area contributed by atoms with Gasteiger partial charge < -0.3 is 14.8 Å². The molecule has 0 unspecified atom stereocenters. The fraction of sp³-hybridized carbons (Fsp3) is 0.318. The highest BCUT2D eigenvalue weighted by Gasteiger charge is 2.13. The fourth-order valence-electron chi connectivity index (χ4n) is 3.03. The number of hydrogen-bond acceptors (Lipinski definition) is 4. The van der Waals surface area contributed by atoms with Crippen molar-refractivity contribution in [3.63, 3.8) is 0 Å². The molecule has 5 heteroatoms. The van der Waals surface area contributed by atoms with Gasteiger partial charge in [0.25, 0.3) is 0 Å². The molecule has 0 saturated carbocycles. The first-order chi connectivity index (χ1) is 13.3. The maximum absolute atomic E-state index is 12.4. The van der Waals surface area contributed by atoms with Crippen molar-refractivity contribution < 1.29 is 14.3 Å². The predicted molar refractivity (Wildman–Crippen MR) is 108 cm³/mol. The molecule has 1 saturated heterocycles. The summed E-state index contributed by atoms with van der Waals surface area (Å²) in [6.07, 6.45) is 3.33. The van der Waals surface area contributed by atoms with Crippen LogP contribution in [0.4, 0.5) is 5.69 Å². The van der Waals surface area contributed by atoms with E-state index in [1.165, 1.54) is 0 Å². The second kappa shape index (κ2) is 9.90. The van der Waals surface area contributed by atoms with Gasteiger partial charge in [0.2, 0.25) is 5.91 Å². The lowest BCUT2D eigenvalue weighted by molar-refractivity contribution is -0.111. The van der Waals surface area contributed by atoms with E-state index < -0.39 is 0 Å². The number of rotatable bonds is 7. The lowest BCUT2D eigenvalue weighted by atomic mass is 10.1. The van der Waals surface area contributed by atoms with Crippen LogP contribution in [0.25, 0.3) is 6.08 Å². The molecule has 0 radical (unpaired) electrons. The molecule has 0 bridgehead atoms. The zero-order chi connectivity index (χ0) is 18.9. The van der Waals surface area contributed by atoms with Gasteiger partial charge in [0.15, 0.2) is 0 Å². The number of hydrogen-bond donors (Lipinski definition) is 1. The summed E-state index contributed by atoms with van der Waals surface area (Å²) in [6.45, 7) is 6.68. The van der Waals surface area contributed by atoms with Crippen LogP contribution in [-0.2, 0) is 16.1 Å². The summed E-state index contributed by atoms with van der Waals surface area (Å²) in [5.41, 5.74) is 2.84. The summed E-state index contributed by atoms with van der Waals surface area (Å²) >= 11 is 0. The molecule has 5 nitrogen and oxygen atoms in total. The molecule has 1 amide bonds. The Labute approximate surface area is 160 Å². The molecule has 27 heavy (non-hydrogen) atoms. The molecule has 1 fully saturated rings. The van der Waals surface area contributed by atoms with Crippen LogP contribution in [0.2, 0.25) is 0 Å². The molecule has 1 aliphatic rings. The van der Waals surface area contributed by atoms with E-state index in [2.05, 4.69) is 16.3 Å². The summed E-state index contributed by atoms with van der Waals surface area (Å²) < 4.78 is 11.0. The van der Waals surface area contributed by atoms with Crippen LogP contribution in [0.15, 0.2) is 54.6 Å². The molecule has 2 aromatic rings. The van der Waals surface area contributed by atoms with Gasteiger partial charge in [-0.3, -0.25) is 9.69 Å². The molecular weight excluding hydrogens is 340 g/mol. The molecule has 0 aliphatic carbocycles. The number of carbonyl (C=O) groups excluding carboxylic acids is 1. The van der Waals surface area contributed by atoms with Crippen molar-refractivity contribution in [2.75, 3.05) is 38.2 Å². The average Bonchev–Trinajstić information content (AvgIpc) is 2.70. The minimum atomic E-state index is -0.157. The Balaban J connectivity index is 1.66. The maximum Gasteiger partial charge on any atom is 0.248 e. The largest absolute Gasteiger partial charge is 0.493 e. The van der Waals surface area contributed by atoms with Crippen LogP contribution in [0.3, 0.4) is 0 Å². The van der Waals surface area contributed by atoms with Gasteiger partial charge in [0.1, 0.15) is 5.75 Å². The van der Waals surface area contributed by atoms with Crippen LogP contribution >= 0.6 is 0 Å². The van der Waals surface area contributed by atoms with Crippen LogP contribution in [-0.4, -0.2) is 43.7 Å². The maximum atomic E-state index is 12.4. The van der Waals surface area contributed by atoms with Gasteiger partial charge in [-0.15, -0.1) is 0 Å². The van der Waals surface area contributed by atoms with Crippen LogP contribution in [0.5, 0.6) is 5.75 Å². The summed E-state index contributed by atoms with van der Waals surface area (Å²) in [6, 6.07) is 15.6. The summed E-state index contributed by atoms with van der Waals surface area (Å²) in [7, 11) is 0. The molecule has 0 atom stereocenters. The Kier molecular flexibility index (Phi) is 7.02. The standard InChI is InChI=1S/C22H26N2O3/c1-2-27-21-10-6-4-7-18(21)11-12-22(25)23-20-9-5-3-8-19(20)17-24-13-15-26-16-14-24/h3-12H,2,13-17H2,1H3,(H,23,25). The Hall–Kier alpha value is -2.63. The van der Waals surface area contributed by atoms with Gasteiger partial charge in [-0.2, -0.15) is 0 Å². The molecule has 2 aromatic carbocycles. The first kappa shape index (κ1) is 19.1. The zero-order valence-electron chi connectivity index (χ0n) is 15.7. The molecular formula is C22H26N2O3. The van der Waals surface area contributed by atoms with E-state index in [-0.39, 0.29) is 5.91 Å². The lowest BCUT2D eigenvalue weighted by Crippen LogP contribution is -2.35. The molecule has 1 heterocycles. The Bertz CT molecular complexity index is 783. The quantitative estimate of drug-likeness (QED) is 0.761. The molecule has 1 N–H and O–H groups in total. The third kappa shape index (κ3) is 5.67. The Morgan fingerprint density at radius 1 is 1.15 bits per heavy atom. The van der Waals surface area contributed by atoms with Crippen LogP contribution in [0.1, 0.15) is 18.1 Å². The van der Waals surface area contributed by atoms with E-state index in [0.29, 0.717) is 6.61 Å². The van der Waals surface area contributed by atoms with Crippen molar-refractivity contribution in [1.82, 2.24) is 4.90 Å². The SMILES string of the molecule is CCOc1ccccc1C=CC(=O)Nc1ccccc1CN1CCOCC1. The molecule has 142 valence electrons. The molecule has 1 aliphatic heterocycles. The van der Waals surface area contributed by atoms with E-state index in [1.54, 1.807) is 12.2 Å². The second-order valence-electron chi connectivity index (χ2n) is 6.34. The third-order valence-electron chi connectivity index (χ3n) is 4.41. The van der Waals surface area contributed by atoms with E-state index in [1.807, 2.05) is 49.4 Å². The van der Waals surface area contributed by atoms with Gasteiger partial charge >= 0.3 is 0 Å². The van der Waals surface area contributed by atoms with E-state index in [4.69, 9.17) is 9.47 Å². The number of ether oxygens (including phenoxy) is 2. The number of nitrogens with one attached hydrogen (secondary N) is 1. The van der Waals surface area contributed by atoms with Gasteiger partial charge in [0.05, 0.1) is 19.8 Å². The molecule has 3 rings (SSSR count). The third-order valence-corrected chi connectivity index (χ3v) is 4.41. The van der Waals surface area contributed by atoms with E-state index in [0.717, 1.165) is 55.4 Å². The number of carbonyl (C=O) groups is 1. The average molecular weight is 366 g/mol. The number of nitrogens with zero attached hydrogens (tertiary/aromatic N) is 1. The summed E-state index contributed by atoms with van der Waals surface area (Å²) in [4.78, 5) is 14.8. The number of amides is 1. The van der Waals surface area contributed by atoms with E-state index in [9.17, 15) is 4.79 Å². The topological polar surface area (TPSA) is 50.8 Å². The highest BCUT2D eigenvalue weighted by atomic mass is 16.5. The minimum absolute atomic E-state index is 0.157. The van der Waals surface area contributed by atoms with Crippen molar-refractivity contribution in [3.05, 3.63) is 65.7 Å². The Morgan fingerprint density at radius 3 is 2.70 bits per heavy atom. The highest BCUT2D eigenvalue weighted by molar-refractivity contribution is 6.02. The van der Waals surface area contributed by atoms with Crippen LogP contribution in [0, 0.1) is 0 Å². The van der Waals surface area contributed by atoms with Crippen molar-refractivity contribution in [3.8, 4) is 5.75 Å². The number of morpholine rings is 1. The van der Waals surface area contributed by atoms with Gasteiger partial charge in [-0.1, -0.05) is 36.4 Å². The molecule has 0 aromatic heterocycles. The Morgan fingerprint density at radius 2 is 1.89 bits per heavy atom. The monoisotopic (exact) mass is 366 g/mol.